The van der Waals surface area contributed by atoms with E-state index < -0.39 is 0 Å². The summed E-state index contributed by atoms with van der Waals surface area (Å²) < 4.78 is 5.62. The number of nitrogens with zero attached hydrogens (tertiary/aromatic N) is 1. The van der Waals surface area contributed by atoms with Crippen molar-refractivity contribution in [1.29, 1.82) is 0 Å². The number of hydrogen-bond donors (Lipinski definition) is 0. The van der Waals surface area contributed by atoms with Crippen molar-refractivity contribution in [1.82, 2.24) is 4.90 Å². The lowest BCUT2D eigenvalue weighted by Crippen LogP contribution is -2.48. The Labute approximate surface area is 117 Å². The number of likely N-dealkylation sites (tertiary alicyclic amines) is 1. The van der Waals surface area contributed by atoms with Crippen LogP contribution in [-0.2, 0) is 9.53 Å². The Morgan fingerprint density at radius 2 is 2.00 bits per heavy atom. The maximum absolute atomic E-state index is 12.2. The zero-order valence-electron chi connectivity index (χ0n) is 12.4. The Morgan fingerprint density at radius 1 is 1.16 bits per heavy atom. The fourth-order valence-corrected chi connectivity index (χ4v) is 3.60. The van der Waals surface area contributed by atoms with Crippen molar-refractivity contribution < 1.29 is 9.53 Å². The molecule has 0 aromatic carbocycles. The van der Waals surface area contributed by atoms with Gasteiger partial charge in [-0.3, -0.25) is 9.69 Å². The van der Waals surface area contributed by atoms with E-state index in [1.807, 2.05) is 0 Å². The van der Waals surface area contributed by atoms with Crippen LogP contribution in [0.25, 0.3) is 0 Å². The Morgan fingerprint density at radius 3 is 2.79 bits per heavy atom. The van der Waals surface area contributed by atoms with Crippen molar-refractivity contribution in [2.45, 2.75) is 64.3 Å². The fraction of sp³-hybridized carbons (Fsp3) is 0.938. The van der Waals surface area contributed by atoms with Crippen LogP contribution in [0.4, 0.5) is 0 Å². The third-order valence-corrected chi connectivity index (χ3v) is 4.60. The highest BCUT2D eigenvalue weighted by Gasteiger charge is 2.34. The molecule has 1 heterocycles. The number of ketones is 1. The van der Waals surface area contributed by atoms with E-state index >= 15 is 0 Å². The molecule has 0 radical (unpaired) electrons. The van der Waals surface area contributed by atoms with Crippen LogP contribution in [-0.4, -0.2) is 43.0 Å². The van der Waals surface area contributed by atoms with Gasteiger partial charge in [0.05, 0.1) is 6.61 Å². The third-order valence-electron chi connectivity index (χ3n) is 4.60. The number of piperidine rings is 1. The average Bonchev–Trinajstić information content (AvgIpc) is 2.45. The molecule has 110 valence electrons. The number of rotatable bonds is 6. The molecular formula is C16H29NO2. The van der Waals surface area contributed by atoms with Gasteiger partial charge < -0.3 is 4.74 Å². The van der Waals surface area contributed by atoms with Crippen LogP contribution < -0.4 is 0 Å². The van der Waals surface area contributed by atoms with Crippen molar-refractivity contribution in [3.63, 3.8) is 0 Å². The van der Waals surface area contributed by atoms with Crippen molar-refractivity contribution in [3.05, 3.63) is 0 Å². The molecule has 3 heteroatoms. The molecule has 19 heavy (non-hydrogen) atoms. The molecule has 2 aliphatic rings. The second-order valence-electron chi connectivity index (χ2n) is 6.03. The third kappa shape index (κ3) is 4.28. The number of Topliss-reactive ketones (excluding diaryl/α,β-unsaturated/α-hetero) is 1. The summed E-state index contributed by atoms with van der Waals surface area (Å²) in [4.78, 5) is 14.7. The topological polar surface area (TPSA) is 29.5 Å². The van der Waals surface area contributed by atoms with Crippen LogP contribution in [0.1, 0.15) is 58.3 Å². The quantitative estimate of drug-likeness (QED) is 0.693. The molecule has 0 bridgehead atoms. The van der Waals surface area contributed by atoms with Crippen LogP contribution in [0.15, 0.2) is 0 Å². The first-order valence-corrected chi connectivity index (χ1v) is 8.17. The van der Waals surface area contributed by atoms with E-state index in [-0.39, 0.29) is 0 Å². The normalized spacial score (nSPS) is 29.6. The second-order valence-corrected chi connectivity index (χ2v) is 6.03. The van der Waals surface area contributed by atoms with Gasteiger partial charge in [-0.25, -0.2) is 0 Å². The van der Waals surface area contributed by atoms with Gasteiger partial charge >= 0.3 is 0 Å². The number of carbonyl (C=O) groups excluding carboxylic acids is 1. The monoisotopic (exact) mass is 267 g/mol. The molecule has 0 amide bonds. The predicted octanol–water partition coefficient (Wildman–Crippen LogP) is 3.03. The molecule has 3 nitrogen and oxygen atoms in total. The molecule has 0 spiro atoms. The lowest BCUT2D eigenvalue weighted by molar-refractivity contribution is -0.127. The average molecular weight is 267 g/mol. The minimum Gasteiger partial charge on any atom is -0.380 e. The molecule has 0 aromatic heterocycles. The second kappa shape index (κ2) is 8.01. The van der Waals surface area contributed by atoms with E-state index in [1.165, 1.54) is 25.7 Å². The molecule has 1 aliphatic carbocycles. The summed E-state index contributed by atoms with van der Waals surface area (Å²) in [6.45, 7) is 5.99. The maximum atomic E-state index is 12.2. The van der Waals surface area contributed by atoms with Crippen LogP contribution in [0.5, 0.6) is 0 Å². The van der Waals surface area contributed by atoms with Gasteiger partial charge in [0.25, 0.3) is 0 Å². The molecule has 1 saturated heterocycles. The number of ether oxygens (including phenoxy) is 1. The van der Waals surface area contributed by atoms with Crippen LogP contribution in [0, 0.1) is 5.92 Å². The smallest absolute Gasteiger partial charge is 0.137 e. The van der Waals surface area contributed by atoms with Gasteiger partial charge in [0.1, 0.15) is 5.78 Å². The van der Waals surface area contributed by atoms with Crippen molar-refractivity contribution in [2.24, 2.45) is 5.92 Å². The SMILES string of the molecule is CCCOCCN1CCCCC1C1CCCCC1=O. The maximum Gasteiger partial charge on any atom is 0.137 e. The van der Waals surface area contributed by atoms with Crippen LogP contribution >= 0.6 is 0 Å². The largest absolute Gasteiger partial charge is 0.380 e. The lowest BCUT2D eigenvalue weighted by atomic mass is 9.79. The van der Waals surface area contributed by atoms with Crippen LogP contribution in [0.2, 0.25) is 0 Å². The molecule has 2 unspecified atom stereocenters. The molecule has 0 N–H and O–H groups in total. The van der Waals surface area contributed by atoms with Gasteiger partial charge in [-0.05, 0) is 38.6 Å². The Hall–Kier alpha value is -0.410. The first-order chi connectivity index (χ1) is 9.33. The van der Waals surface area contributed by atoms with Gasteiger partial charge in [0.2, 0.25) is 0 Å². The molecular weight excluding hydrogens is 238 g/mol. The van der Waals surface area contributed by atoms with Crippen molar-refractivity contribution in [2.75, 3.05) is 26.3 Å². The molecule has 1 saturated carbocycles. The van der Waals surface area contributed by atoms with Gasteiger partial charge in [0, 0.05) is 31.5 Å². The molecule has 2 fully saturated rings. The first kappa shape index (κ1) is 15.0. The van der Waals surface area contributed by atoms with E-state index in [4.69, 9.17) is 4.74 Å². The summed E-state index contributed by atoms with van der Waals surface area (Å²) >= 11 is 0. The minimum absolute atomic E-state index is 0.320. The first-order valence-electron chi connectivity index (χ1n) is 8.17. The predicted molar refractivity (Wildman–Crippen MR) is 77.3 cm³/mol. The number of hydrogen-bond acceptors (Lipinski definition) is 3. The lowest BCUT2D eigenvalue weighted by Gasteiger charge is -2.41. The standard InChI is InChI=1S/C16H29NO2/c1-2-12-19-13-11-17-10-6-5-8-15(17)14-7-3-4-9-16(14)18/h14-15H,2-13H2,1H3. The molecule has 0 aromatic rings. The van der Waals surface area contributed by atoms with Gasteiger partial charge in [-0.15, -0.1) is 0 Å². The highest BCUT2D eigenvalue weighted by molar-refractivity contribution is 5.82. The van der Waals surface area contributed by atoms with E-state index in [9.17, 15) is 4.79 Å². The summed E-state index contributed by atoms with van der Waals surface area (Å²) in [5.74, 6) is 0.845. The zero-order valence-corrected chi connectivity index (χ0v) is 12.4. The van der Waals surface area contributed by atoms with Crippen molar-refractivity contribution >= 4 is 5.78 Å². The van der Waals surface area contributed by atoms with E-state index in [0.717, 1.165) is 52.0 Å². The molecule has 1 aliphatic heterocycles. The van der Waals surface area contributed by atoms with E-state index in [2.05, 4.69) is 11.8 Å². The summed E-state index contributed by atoms with van der Waals surface area (Å²) in [5.41, 5.74) is 0. The minimum atomic E-state index is 0.320. The van der Waals surface area contributed by atoms with E-state index in [0.29, 0.717) is 17.7 Å². The van der Waals surface area contributed by atoms with Crippen molar-refractivity contribution in [3.8, 4) is 0 Å². The Kier molecular flexibility index (Phi) is 6.32. The molecule has 2 rings (SSSR count). The highest BCUT2D eigenvalue weighted by Crippen LogP contribution is 2.31. The summed E-state index contributed by atoms with van der Waals surface area (Å²) in [6.07, 6.45) is 9.17. The Balaban J connectivity index is 1.85. The van der Waals surface area contributed by atoms with Gasteiger partial charge in [0.15, 0.2) is 0 Å². The van der Waals surface area contributed by atoms with Gasteiger partial charge in [-0.2, -0.15) is 0 Å². The fourth-order valence-electron chi connectivity index (χ4n) is 3.60. The van der Waals surface area contributed by atoms with E-state index in [1.54, 1.807) is 0 Å². The van der Waals surface area contributed by atoms with Crippen LogP contribution in [0.3, 0.4) is 0 Å². The number of carbonyl (C=O) groups is 1. The molecule has 2 atom stereocenters. The van der Waals surface area contributed by atoms with Gasteiger partial charge in [-0.1, -0.05) is 19.8 Å². The zero-order chi connectivity index (χ0) is 13.5. The Bertz CT molecular complexity index is 280. The summed E-state index contributed by atoms with van der Waals surface area (Å²) in [5, 5.41) is 0. The highest BCUT2D eigenvalue weighted by atomic mass is 16.5. The summed E-state index contributed by atoms with van der Waals surface area (Å²) in [7, 11) is 0. The summed E-state index contributed by atoms with van der Waals surface area (Å²) in [6, 6.07) is 0.506.